The van der Waals surface area contributed by atoms with Crippen LogP contribution in [0.4, 0.5) is 0 Å². The summed E-state index contributed by atoms with van der Waals surface area (Å²) in [6.07, 6.45) is 0.978. The summed E-state index contributed by atoms with van der Waals surface area (Å²) in [4.78, 5) is 5.61. The molecule has 1 aromatic rings. The Morgan fingerprint density at radius 1 is 1.42 bits per heavy atom. The Balaban J connectivity index is 2.37. The van der Waals surface area contributed by atoms with Crippen molar-refractivity contribution in [3.8, 4) is 0 Å². The molecule has 2 N–H and O–H groups in total. The summed E-state index contributed by atoms with van der Waals surface area (Å²) < 4.78 is 5.02. The number of ether oxygens (including phenoxy) is 1. The van der Waals surface area contributed by atoms with E-state index in [1.165, 1.54) is 4.88 Å². The third-order valence-corrected chi connectivity index (χ3v) is 4.16. The maximum Gasteiger partial charge on any atom is 0.191 e. The van der Waals surface area contributed by atoms with Crippen molar-refractivity contribution < 1.29 is 4.74 Å². The lowest BCUT2D eigenvalue weighted by atomic mass is 9.91. The Labute approximate surface area is 120 Å². The molecule has 0 saturated heterocycles. The maximum atomic E-state index is 5.02. The van der Waals surface area contributed by atoms with Crippen LogP contribution in [0.25, 0.3) is 0 Å². The summed E-state index contributed by atoms with van der Waals surface area (Å²) in [6.45, 7) is 6.98. The van der Waals surface area contributed by atoms with Crippen molar-refractivity contribution in [1.29, 1.82) is 0 Å². The Hall–Kier alpha value is -1.07. The number of methoxy groups -OCH3 is 1. The summed E-state index contributed by atoms with van der Waals surface area (Å²) in [5.41, 5.74) is 0.109. The molecular weight excluding hydrogens is 258 g/mol. The van der Waals surface area contributed by atoms with Gasteiger partial charge in [0, 0.05) is 44.1 Å². The summed E-state index contributed by atoms with van der Waals surface area (Å²) in [5, 5.41) is 8.78. The van der Waals surface area contributed by atoms with Gasteiger partial charge in [0.05, 0.1) is 0 Å². The number of hydrogen-bond donors (Lipinski definition) is 2. The molecule has 0 aromatic carbocycles. The van der Waals surface area contributed by atoms with E-state index in [1.807, 2.05) is 0 Å². The highest BCUT2D eigenvalue weighted by molar-refractivity contribution is 7.10. The van der Waals surface area contributed by atoms with Crippen LogP contribution in [0.1, 0.15) is 25.1 Å². The number of nitrogens with one attached hydrogen (secondary N) is 2. The fraction of sp³-hybridized carbons (Fsp3) is 0.643. The zero-order chi connectivity index (χ0) is 14.1. The van der Waals surface area contributed by atoms with Crippen LogP contribution in [0.15, 0.2) is 22.5 Å². The summed E-state index contributed by atoms with van der Waals surface area (Å²) in [5.74, 6) is 0.848. The predicted molar refractivity (Wildman–Crippen MR) is 83.2 cm³/mol. The van der Waals surface area contributed by atoms with Gasteiger partial charge in [-0.25, -0.2) is 0 Å². The zero-order valence-electron chi connectivity index (χ0n) is 12.3. The first kappa shape index (κ1) is 16.0. The van der Waals surface area contributed by atoms with Gasteiger partial charge in [-0.1, -0.05) is 19.9 Å². The van der Waals surface area contributed by atoms with Crippen LogP contribution in [0.3, 0.4) is 0 Å². The van der Waals surface area contributed by atoms with Gasteiger partial charge in [0.1, 0.15) is 0 Å². The van der Waals surface area contributed by atoms with E-state index in [2.05, 4.69) is 47.0 Å². The van der Waals surface area contributed by atoms with Crippen molar-refractivity contribution in [2.24, 2.45) is 4.99 Å². The van der Waals surface area contributed by atoms with E-state index in [0.717, 1.165) is 32.1 Å². The van der Waals surface area contributed by atoms with Gasteiger partial charge in [-0.3, -0.25) is 4.99 Å². The molecule has 0 fully saturated rings. The van der Waals surface area contributed by atoms with Gasteiger partial charge in [0.25, 0.3) is 0 Å². The molecule has 4 nitrogen and oxygen atoms in total. The highest BCUT2D eigenvalue weighted by Gasteiger charge is 2.21. The molecular formula is C14H25N3OS. The standard InChI is InChI=1S/C14H25N3OS/c1-14(2,12-7-5-10-19-12)11-17-13(15-3)16-8-6-9-18-4/h5,7,10H,6,8-9,11H2,1-4H3,(H2,15,16,17). The highest BCUT2D eigenvalue weighted by Crippen LogP contribution is 2.26. The monoisotopic (exact) mass is 283 g/mol. The number of thiophene rings is 1. The van der Waals surface area contributed by atoms with Crippen LogP contribution < -0.4 is 10.6 Å². The molecule has 1 aromatic heterocycles. The Morgan fingerprint density at radius 2 is 2.21 bits per heavy atom. The fourth-order valence-electron chi connectivity index (χ4n) is 1.70. The van der Waals surface area contributed by atoms with Gasteiger partial charge in [0.15, 0.2) is 5.96 Å². The number of nitrogens with zero attached hydrogens (tertiary/aromatic N) is 1. The molecule has 1 rings (SSSR count). The quantitative estimate of drug-likeness (QED) is 0.458. The second-order valence-electron chi connectivity index (χ2n) is 5.06. The van der Waals surface area contributed by atoms with E-state index in [1.54, 1.807) is 25.5 Å². The van der Waals surface area contributed by atoms with Crippen molar-refractivity contribution in [3.63, 3.8) is 0 Å². The number of aliphatic imine (C=N–C) groups is 1. The third kappa shape index (κ3) is 5.61. The average Bonchev–Trinajstić information content (AvgIpc) is 2.92. The SMILES string of the molecule is CN=C(NCCCOC)NCC(C)(C)c1cccs1. The van der Waals surface area contributed by atoms with Crippen LogP contribution in [0.2, 0.25) is 0 Å². The Kier molecular flexibility index (Phi) is 6.87. The van der Waals surface area contributed by atoms with E-state index in [4.69, 9.17) is 4.74 Å². The van der Waals surface area contributed by atoms with Crippen LogP contribution in [-0.4, -0.2) is 39.8 Å². The topological polar surface area (TPSA) is 45.7 Å². The van der Waals surface area contributed by atoms with Gasteiger partial charge in [-0.15, -0.1) is 11.3 Å². The number of guanidine groups is 1. The first-order chi connectivity index (χ1) is 9.10. The van der Waals surface area contributed by atoms with Gasteiger partial charge in [-0.05, 0) is 17.9 Å². The maximum absolute atomic E-state index is 5.02. The summed E-state index contributed by atoms with van der Waals surface area (Å²) >= 11 is 1.80. The molecule has 0 atom stereocenters. The minimum Gasteiger partial charge on any atom is -0.385 e. The molecule has 1 heterocycles. The first-order valence-corrected chi connectivity index (χ1v) is 7.45. The number of hydrogen-bond acceptors (Lipinski definition) is 3. The molecule has 0 aliphatic carbocycles. The van der Waals surface area contributed by atoms with Crippen molar-refractivity contribution >= 4 is 17.3 Å². The second-order valence-corrected chi connectivity index (χ2v) is 6.01. The van der Waals surface area contributed by atoms with Gasteiger partial charge >= 0.3 is 0 Å². The van der Waals surface area contributed by atoms with Crippen LogP contribution >= 0.6 is 11.3 Å². The smallest absolute Gasteiger partial charge is 0.191 e. The molecule has 0 aliphatic rings. The molecule has 0 spiro atoms. The lowest BCUT2D eigenvalue weighted by Crippen LogP contribution is -2.43. The molecule has 0 bridgehead atoms. The van der Waals surface area contributed by atoms with Gasteiger partial charge in [0.2, 0.25) is 0 Å². The third-order valence-electron chi connectivity index (χ3n) is 2.93. The van der Waals surface area contributed by atoms with Crippen molar-refractivity contribution in [1.82, 2.24) is 10.6 Å². The number of rotatable bonds is 7. The summed E-state index contributed by atoms with van der Waals surface area (Å²) in [6, 6.07) is 4.28. The normalized spacial score (nSPS) is 12.5. The largest absolute Gasteiger partial charge is 0.385 e. The predicted octanol–water partition coefficient (Wildman–Crippen LogP) is 2.23. The second kappa shape index (κ2) is 8.17. The van der Waals surface area contributed by atoms with Gasteiger partial charge in [-0.2, -0.15) is 0 Å². The molecule has 0 saturated carbocycles. The average molecular weight is 283 g/mol. The van der Waals surface area contributed by atoms with Crippen molar-refractivity contribution in [3.05, 3.63) is 22.4 Å². The van der Waals surface area contributed by atoms with E-state index < -0.39 is 0 Å². The van der Waals surface area contributed by atoms with Crippen LogP contribution in [-0.2, 0) is 10.2 Å². The van der Waals surface area contributed by atoms with Crippen molar-refractivity contribution in [2.45, 2.75) is 25.7 Å². The molecule has 0 unspecified atom stereocenters. The fourth-order valence-corrected chi connectivity index (χ4v) is 2.55. The lowest BCUT2D eigenvalue weighted by molar-refractivity contribution is 0.195. The minimum absolute atomic E-state index is 0.109. The van der Waals surface area contributed by atoms with E-state index >= 15 is 0 Å². The molecule has 19 heavy (non-hydrogen) atoms. The molecule has 5 heteroatoms. The summed E-state index contributed by atoms with van der Waals surface area (Å²) in [7, 11) is 3.51. The first-order valence-electron chi connectivity index (χ1n) is 6.57. The molecule has 108 valence electrons. The van der Waals surface area contributed by atoms with E-state index in [9.17, 15) is 0 Å². The molecule has 0 amide bonds. The molecule has 0 aliphatic heterocycles. The minimum atomic E-state index is 0.109. The Bertz CT molecular complexity index is 374. The van der Waals surface area contributed by atoms with Crippen LogP contribution in [0.5, 0.6) is 0 Å². The van der Waals surface area contributed by atoms with Crippen molar-refractivity contribution in [2.75, 3.05) is 33.9 Å². The molecule has 0 radical (unpaired) electrons. The van der Waals surface area contributed by atoms with Gasteiger partial charge < -0.3 is 15.4 Å². The van der Waals surface area contributed by atoms with Crippen LogP contribution in [0, 0.1) is 0 Å². The lowest BCUT2D eigenvalue weighted by Gasteiger charge is -2.25. The Morgan fingerprint density at radius 3 is 2.79 bits per heavy atom. The highest BCUT2D eigenvalue weighted by atomic mass is 32.1. The van der Waals surface area contributed by atoms with E-state index in [-0.39, 0.29) is 5.41 Å². The van der Waals surface area contributed by atoms with E-state index in [0.29, 0.717) is 0 Å². The zero-order valence-corrected chi connectivity index (χ0v) is 13.1.